The molecule has 0 N–H and O–H groups in total. The van der Waals surface area contributed by atoms with Crippen LogP contribution in [0.4, 0.5) is 0 Å². The third-order valence-corrected chi connectivity index (χ3v) is 15.7. The fourth-order valence-corrected chi connectivity index (χ4v) is 13.7. The van der Waals surface area contributed by atoms with Crippen LogP contribution in [0.15, 0.2) is 24.3 Å². The molecular weight excluding hydrogens is 366 g/mol. The van der Waals surface area contributed by atoms with Gasteiger partial charge in [-0.3, -0.25) is 0 Å². The summed E-state index contributed by atoms with van der Waals surface area (Å²) in [5.41, 5.74) is 2.00. The molecule has 0 heterocycles. The normalized spacial score (nSPS) is 23.2. The zero-order chi connectivity index (χ0) is 14.7. The molecule has 121 valence electrons. The monoisotopic (exact) mass is 395 g/mol. The summed E-state index contributed by atoms with van der Waals surface area (Å²) in [4.78, 5) is 0. The van der Waals surface area contributed by atoms with Gasteiger partial charge in [0.1, 0.15) is 0 Å². The Morgan fingerprint density at radius 2 is 1.29 bits per heavy atom. The number of hydrogen-bond donors (Lipinski definition) is 0. The second-order valence-electron chi connectivity index (χ2n) is 7.20. The molecule has 21 heavy (non-hydrogen) atoms. The summed E-state index contributed by atoms with van der Waals surface area (Å²) in [5.74, 6) is 0. The van der Waals surface area contributed by atoms with Crippen LogP contribution in [0.3, 0.4) is 0 Å². The molecule has 0 atom stereocenters. The van der Waals surface area contributed by atoms with Crippen LogP contribution < -0.4 is 5.30 Å². The van der Waals surface area contributed by atoms with Crippen molar-refractivity contribution in [3.8, 4) is 0 Å². The van der Waals surface area contributed by atoms with Crippen molar-refractivity contribution < 1.29 is 18.7 Å². The maximum absolute atomic E-state index is 4.16. The van der Waals surface area contributed by atoms with E-state index in [9.17, 15) is 0 Å². The second kappa shape index (κ2) is 7.26. The molecule has 2 aliphatic rings. The Balaban J connectivity index is 1.98. The molecule has 2 fully saturated rings. The van der Waals surface area contributed by atoms with Gasteiger partial charge < -0.3 is 0 Å². The van der Waals surface area contributed by atoms with Crippen molar-refractivity contribution in [3.05, 3.63) is 29.8 Å². The minimum atomic E-state index is -1.52. The van der Waals surface area contributed by atoms with E-state index in [-0.39, 0.29) is 0 Å². The third-order valence-electron chi connectivity index (χ3n) is 5.89. The molecule has 0 amide bonds. The predicted octanol–water partition coefficient (Wildman–Crippen LogP) is 5.50. The van der Waals surface area contributed by atoms with Crippen LogP contribution in [0.2, 0.25) is 0 Å². The average Bonchev–Trinajstić information content (AvgIpc) is 2.56. The molecule has 0 nitrogen and oxygen atoms in total. The van der Waals surface area contributed by atoms with E-state index in [0.29, 0.717) is 0 Å². The fourth-order valence-electron chi connectivity index (χ4n) is 4.77. The minimum absolute atomic E-state index is 0.985. The summed E-state index contributed by atoms with van der Waals surface area (Å²) in [6, 6.07) is 9.31. The molecule has 1 aromatic rings. The van der Waals surface area contributed by atoms with E-state index in [1.807, 2.05) is 0 Å². The van der Waals surface area contributed by atoms with E-state index in [1.165, 1.54) is 64.2 Å². The van der Waals surface area contributed by atoms with Crippen molar-refractivity contribution in [1.82, 2.24) is 0 Å². The van der Waals surface area contributed by atoms with Crippen molar-refractivity contribution in [1.29, 1.82) is 0 Å². The van der Waals surface area contributed by atoms with E-state index >= 15 is 0 Å². The summed E-state index contributed by atoms with van der Waals surface area (Å²) in [7, 11) is 0. The molecule has 0 aliphatic heterocycles. The molecule has 2 heteroatoms. The third kappa shape index (κ3) is 3.32. The molecule has 3 rings (SSSR count). The molecular formula is C19H30PPd. The quantitative estimate of drug-likeness (QED) is 0.468. The van der Waals surface area contributed by atoms with E-state index in [0.717, 1.165) is 11.3 Å². The average molecular weight is 396 g/mol. The van der Waals surface area contributed by atoms with Gasteiger partial charge >= 0.3 is 142 Å². The van der Waals surface area contributed by atoms with Gasteiger partial charge in [-0.15, -0.1) is 0 Å². The van der Waals surface area contributed by atoms with Crippen molar-refractivity contribution in [2.75, 3.05) is 0 Å². The first-order valence-electron chi connectivity index (χ1n) is 8.95. The molecule has 0 unspecified atom stereocenters. The number of hydrogen-bond acceptors (Lipinski definition) is 0. The first-order valence-corrected chi connectivity index (χ1v) is 13.2. The second-order valence-corrected chi connectivity index (χ2v) is 14.7. The number of aryl methyl sites for hydroxylation is 1. The van der Waals surface area contributed by atoms with Gasteiger partial charge in [-0.05, 0) is 0 Å². The molecule has 0 saturated heterocycles. The maximum atomic E-state index is 4.16. The zero-order valence-electron chi connectivity index (χ0n) is 13.4. The van der Waals surface area contributed by atoms with Crippen LogP contribution in [0.5, 0.6) is 0 Å². The van der Waals surface area contributed by atoms with Gasteiger partial charge in [0.2, 0.25) is 0 Å². The molecule has 2 aliphatic carbocycles. The van der Waals surface area contributed by atoms with E-state index in [2.05, 4.69) is 49.9 Å². The zero-order valence-corrected chi connectivity index (χ0v) is 15.9. The summed E-state index contributed by atoms with van der Waals surface area (Å²) >= 11 is 4.16. The van der Waals surface area contributed by atoms with E-state index in [1.54, 1.807) is 10.9 Å². The predicted molar refractivity (Wildman–Crippen MR) is 92.9 cm³/mol. The van der Waals surface area contributed by atoms with Gasteiger partial charge in [0.05, 0.1) is 0 Å². The Kier molecular flexibility index (Phi) is 5.59. The van der Waals surface area contributed by atoms with Crippen LogP contribution in [0.25, 0.3) is 0 Å². The summed E-state index contributed by atoms with van der Waals surface area (Å²) in [5, 5.41) is 1.74. The first-order chi connectivity index (χ1) is 10.2. The van der Waals surface area contributed by atoms with Crippen molar-refractivity contribution >= 4 is 10.8 Å². The van der Waals surface area contributed by atoms with Gasteiger partial charge in [-0.1, -0.05) is 0 Å². The van der Waals surface area contributed by atoms with E-state index in [4.69, 9.17) is 0 Å². The number of rotatable bonds is 3. The molecule has 0 bridgehead atoms. The van der Waals surface area contributed by atoms with E-state index < -0.39 is 5.45 Å². The van der Waals surface area contributed by atoms with Crippen LogP contribution in [-0.4, -0.2) is 11.3 Å². The number of benzene rings is 1. The van der Waals surface area contributed by atoms with Crippen LogP contribution in [0.1, 0.15) is 69.8 Å². The van der Waals surface area contributed by atoms with Gasteiger partial charge in [0.15, 0.2) is 0 Å². The fraction of sp³-hybridized carbons (Fsp3) is 0.684. The molecule has 0 aromatic heterocycles. The Labute approximate surface area is 141 Å². The Morgan fingerprint density at radius 1 is 0.810 bits per heavy atom. The molecule has 0 spiro atoms. The van der Waals surface area contributed by atoms with Crippen molar-refractivity contribution in [2.24, 2.45) is 0 Å². The standard InChI is InChI=1S/C19H29P.Pd/c1-16-10-8-9-15-19(16)20(17-11-4-2-5-12-17)18-13-6-3-7-14-18;/h8-10,15,17-18H,2-7,11-14H2,1H3;/q;-1/p+1. The molecule has 0 radical (unpaired) electrons. The van der Waals surface area contributed by atoms with Crippen molar-refractivity contribution in [2.45, 2.75) is 82.4 Å². The SMILES string of the molecule is Cc1ccccc1[PH]([Pd])(C1CCCCC1)C1CCCCC1. The summed E-state index contributed by atoms with van der Waals surface area (Å²) in [6.07, 6.45) is 14.7. The van der Waals surface area contributed by atoms with Crippen molar-refractivity contribution in [3.63, 3.8) is 0 Å². The summed E-state index contributed by atoms with van der Waals surface area (Å²) in [6.45, 7) is 2.34. The van der Waals surface area contributed by atoms with Gasteiger partial charge in [0, 0.05) is 0 Å². The Morgan fingerprint density at radius 3 is 1.76 bits per heavy atom. The topological polar surface area (TPSA) is 0 Å². The van der Waals surface area contributed by atoms with Crippen LogP contribution in [-0.2, 0) is 18.7 Å². The molecule has 2 saturated carbocycles. The van der Waals surface area contributed by atoms with Gasteiger partial charge in [-0.2, -0.15) is 0 Å². The van der Waals surface area contributed by atoms with Gasteiger partial charge in [0.25, 0.3) is 0 Å². The van der Waals surface area contributed by atoms with Crippen LogP contribution in [0, 0.1) is 6.92 Å². The van der Waals surface area contributed by atoms with Gasteiger partial charge in [-0.25, -0.2) is 0 Å². The first kappa shape index (κ1) is 16.2. The van der Waals surface area contributed by atoms with Crippen LogP contribution >= 0.6 is 5.45 Å². The summed E-state index contributed by atoms with van der Waals surface area (Å²) < 4.78 is 0. The molecule has 1 aromatic carbocycles. The Bertz CT molecular complexity index is 440. The Hall–Kier alpha value is 0.312.